The minimum Gasteiger partial charge on any atom is -0.489 e. The van der Waals surface area contributed by atoms with Gasteiger partial charge in [-0.3, -0.25) is 4.79 Å². The van der Waals surface area contributed by atoms with E-state index < -0.39 is 0 Å². The van der Waals surface area contributed by atoms with Gasteiger partial charge < -0.3 is 15.0 Å². The SMILES string of the molecule is CCCCN(C)C(=O)CNc1ccc(OCc2ccccc2)cc1. The third-order valence-corrected chi connectivity index (χ3v) is 3.82. The molecule has 0 aliphatic rings. The zero-order valence-electron chi connectivity index (χ0n) is 14.5. The van der Waals surface area contributed by atoms with Gasteiger partial charge in [-0.05, 0) is 36.2 Å². The Morgan fingerprint density at radius 3 is 2.46 bits per heavy atom. The highest BCUT2D eigenvalue weighted by molar-refractivity contribution is 5.80. The number of nitrogens with one attached hydrogen (secondary N) is 1. The highest BCUT2D eigenvalue weighted by Crippen LogP contribution is 2.17. The molecule has 4 heteroatoms. The number of rotatable bonds is 9. The zero-order chi connectivity index (χ0) is 17.2. The summed E-state index contributed by atoms with van der Waals surface area (Å²) in [6.45, 7) is 3.79. The summed E-state index contributed by atoms with van der Waals surface area (Å²) in [6, 6.07) is 17.8. The summed E-state index contributed by atoms with van der Waals surface area (Å²) in [5, 5.41) is 3.16. The first-order valence-electron chi connectivity index (χ1n) is 8.43. The third kappa shape index (κ3) is 5.95. The molecule has 128 valence electrons. The molecule has 0 saturated carbocycles. The van der Waals surface area contributed by atoms with Gasteiger partial charge in [0.05, 0.1) is 6.54 Å². The van der Waals surface area contributed by atoms with E-state index >= 15 is 0 Å². The molecule has 0 aromatic heterocycles. The Bertz CT molecular complexity index is 611. The molecule has 0 fully saturated rings. The molecule has 0 aliphatic carbocycles. The number of nitrogens with zero attached hydrogens (tertiary/aromatic N) is 1. The minimum atomic E-state index is 0.104. The van der Waals surface area contributed by atoms with Crippen LogP contribution in [-0.2, 0) is 11.4 Å². The molecule has 2 rings (SSSR count). The van der Waals surface area contributed by atoms with Gasteiger partial charge in [0.2, 0.25) is 5.91 Å². The first-order chi connectivity index (χ1) is 11.7. The number of carbonyl (C=O) groups excluding carboxylic acids is 1. The van der Waals surface area contributed by atoms with Crippen LogP contribution in [0.5, 0.6) is 5.75 Å². The van der Waals surface area contributed by atoms with Crippen LogP contribution in [0, 0.1) is 0 Å². The van der Waals surface area contributed by atoms with E-state index in [0.717, 1.165) is 36.4 Å². The van der Waals surface area contributed by atoms with Crippen molar-refractivity contribution in [2.24, 2.45) is 0 Å². The van der Waals surface area contributed by atoms with Crippen LogP contribution < -0.4 is 10.1 Å². The molecular formula is C20H26N2O2. The van der Waals surface area contributed by atoms with Gasteiger partial charge in [0.25, 0.3) is 0 Å². The largest absolute Gasteiger partial charge is 0.489 e. The lowest BCUT2D eigenvalue weighted by Gasteiger charge is -2.17. The molecule has 0 radical (unpaired) electrons. The van der Waals surface area contributed by atoms with E-state index in [1.165, 1.54) is 0 Å². The second-order valence-electron chi connectivity index (χ2n) is 5.82. The van der Waals surface area contributed by atoms with Crippen LogP contribution >= 0.6 is 0 Å². The van der Waals surface area contributed by atoms with Crippen molar-refractivity contribution >= 4 is 11.6 Å². The molecule has 2 aromatic carbocycles. The van der Waals surface area contributed by atoms with E-state index in [0.29, 0.717) is 13.2 Å². The van der Waals surface area contributed by atoms with Gasteiger partial charge in [-0.2, -0.15) is 0 Å². The third-order valence-electron chi connectivity index (χ3n) is 3.82. The smallest absolute Gasteiger partial charge is 0.241 e. The van der Waals surface area contributed by atoms with E-state index in [2.05, 4.69) is 12.2 Å². The molecule has 1 N–H and O–H groups in total. The molecule has 1 amide bonds. The predicted molar refractivity (Wildman–Crippen MR) is 98.3 cm³/mol. The number of likely N-dealkylation sites (N-methyl/N-ethyl adjacent to an activating group) is 1. The van der Waals surface area contributed by atoms with Crippen molar-refractivity contribution < 1.29 is 9.53 Å². The van der Waals surface area contributed by atoms with Crippen molar-refractivity contribution in [3.63, 3.8) is 0 Å². The van der Waals surface area contributed by atoms with Crippen LogP contribution in [0.15, 0.2) is 54.6 Å². The maximum Gasteiger partial charge on any atom is 0.241 e. The summed E-state index contributed by atoms with van der Waals surface area (Å²) in [5.41, 5.74) is 2.06. The summed E-state index contributed by atoms with van der Waals surface area (Å²) < 4.78 is 5.75. The molecule has 0 bridgehead atoms. The van der Waals surface area contributed by atoms with Gasteiger partial charge >= 0.3 is 0 Å². The Morgan fingerprint density at radius 1 is 1.08 bits per heavy atom. The van der Waals surface area contributed by atoms with Gasteiger partial charge in [0, 0.05) is 19.3 Å². The van der Waals surface area contributed by atoms with Gasteiger partial charge in [0.15, 0.2) is 0 Å². The molecular weight excluding hydrogens is 300 g/mol. The first kappa shape index (κ1) is 17.9. The van der Waals surface area contributed by atoms with Crippen molar-refractivity contribution in [1.82, 2.24) is 4.90 Å². The first-order valence-corrected chi connectivity index (χ1v) is 8.43. The molecule has 0 spiro atoms. The number of hydrogen-bond donors (Lipinski definition) is 1. The van der Waals surface area contributed by atoms with Crippen molar-refractivity contribution in [1.29, 1.82) is 0 Å². The Balaban J connectivity index is 1.76. The minimum absolute atomic E-state index is 0.104. The fraction of sp³-hybridized carbons (Fsp3) is 0.350. The molecule has 0 heterocycles. The Labute approximate surface area is 144 Å². The van der Waals surface area contributed by atoms with E-state index in [9.17, 15) is 4.79 Å². The highest BCUT2D eigenvalue weighted by Gasteiger charge is 2.07. The van der Waals surface area contributed by atoms with Crippen LogP contribution in [0.2, 0.25) is 0 Å². The van der Waals surface area contributed by atoms with Gasteiger partial charge in [-0.1, -0.05) is 43.7 Å². The topological polar surface area (TPSA) is 41.6 Å². The molecule has 0 unspecified atom stereocenters. The van der Waals surface area contributed by atoms with Crippen LogP contribution in [0.4, 0.5) is 5.69 Å². The number of amides is 1. The quantitative estimate of drug-likeness (QED) is 0.759. The Hall–Kier alpha value is -2.49. The van der Waals surface area contributed by atoms with Gasteiger partial charge in [-0.15, -0.1) is 0 Å². The second-order valence-corrected chi connectivity index (χ2v) is 5.82. The van der Waals surface area contributed by atoms with E-state index in [1.807, 2.05) is 61.6 Å². The lowest BCUT2D eigenvalue weighted by atomic mass is 10.2. The predicted octanol–water partition coefficient (Wildman–Crippen LogP) is 3.94. The van der Waals surface area contributed by atoms with Crippen molar-refractivity contribution in [3.8, 4) is 5.75 Å². The van der Waals surface area contributed by atoms with Crippen LogP contribution in [0.1, 0.15) is 25.3 Å². The monoisotopic (exact) mass is 326 g/mol. The Kier molecular flexibility index (Phi) is 7.15. The molecule has 24 heavy (non-hydrogen) atoms. The van der Waals surface area contributed by atoms with Crippen molar-refractivity contribution in [2.45, 2.75) is 26.4 Å². The lowest BCUT2D eigenvalue weighted by Crippen LogP contribution is -2.32. The number of ether oxygens (including phenoxy) is 1. The number of carbonyl (C=O) groups is 1. The normalized spacial score (nSPS) is 10.2. The summed E-state index contributed by atoms with van der Waals surface area (Å²) in [7, 11) is 1.85. The summed E-state index contributed by atoms with van der Waals surface area (Å²) in [4.78, 5) is 13.8. The number of unbranched alkanes of at least 4 members (excludes halogenated alkanes) is 1. The zero-order valence-corrected chi connectivity index (χ0v) is 14.5. The molecule has 4 nitrogen and oxygen atoms in total. The summed E-state index contributed by atoms with van der Waals surface area (Å²) in [6.07, 6.45) is 2.13. The van der Waals surface area contributed by atoms with Crippen molar-refractivity contribution in [3.05, 3.63) is 60.2 Å². The summed E-state index contributed by atoms with van der Waals surface area (Å²) >= 11 is 0. The molecule has 0 aliphatic heterocycles. The fourth-order valence-corrected chi connectivity index (χ4v) is 2.24. The molecule has 0 saturated heterocycles. The maximum atomic E-state index is 12.0. The second kappa shape index (κ2) is 9.60. The van der Waals surface area contributed by atoms with Crippen LogP contribution in [-0.4, -0.2) is 30.9 Å². The average molecular weight is 326 g/mol. The van der Waals surface area contributed by atoms with Gasteiger partial charge in [-0.25, -0.2) is 0 Å². The molecule has 2 aromatic rings. The van der Waals surface area contributed by atoms with E-state index in [1.54, 1.807) is 4.90 Å². The standard InChI is InChI=1S/C20H26N2O2/c1-3-4-14-22(2)20(23)15-21-18-10-12-19(13-11-18)24-16-17-8-6-5-7-9-17/h5-13,21H,3-4,14-16H2,1-2H3. The van der Waals surface area contributed by atoms with E-state index in [4.69, 9.17) is 4.74 Å². The number of benzene rings is 2. The van der Waals surface area contributed by atoms with Crippen LogP contribution in [0.25, 0.3) is 0 Å². The lowest BCUT2D eigenvalue weighted by molar-refractivity contribution is -0.128. The van der Waals surface area contributed by atoms with Gasteiger partial charge in [0.1, 0.15) is 12.4 Å². The summed E-state index contributed by atoms with van der Waals surface area (Å²) in [5.74, 6) is 0.920. The van der Waals surface area contributed by atoms with E-state index in [-0.39, 0.29) is 5.91 Å². The maximum absolute atomic E-state index is 12.0. The average Bonchev–Trinajstić information content (AvgIpc) is 2.64. The highest BCUT2D eigenvalue weighted by atomic mass is 16.5. The number of hydrogen-bond acceptors (Lipinski definition) is 3. The van der Waals surface area contributed by atoms with Crippen molar-refractivity contribution in [2.75, 3.05) is 25.5 Å². The Morgan fingerprint density at radius 2 is 1.79 bits per heavy atom. The fourth-order valence-electron chi connectivity index (χ4n) is 2.24. The van der Waals surface area contributed by atoms with Crippen LogP contribution in [0.3, 0.4) is 0 Å². The number of anilines is 1. The molecule has 0 atom stereocenters.